The second-order valence-electron chi connectivity index (χ2n) is 5.08. The molecule has 2 aliphatic rings. The van der Waals surface area contributed by atoms with Crippen LogP contribution in [0.5, 0.6) is 0 Å². The molecule has 2 saturated heterocycles. The molecule has 3 atom stereocenters. The summed E-state index contributed by atoms with van der Waals surface area (Å²) in [6.07, 6.45) is 3.47. The van der Waals surface area contributed by atoms with Gasteiger partial charge < -0.3 is 10.2 Å². The Labute approximate surface area is 92.2 Å². The summed E-state index contributed by atoms with van der Waals surface area (Å²) < 4.78 is 0. The molecule has 0 saturated carbocycles. The van der Waals surface area contributed by atoms with Gasteiger partial charge in [0.1, 0.15) is 0 Å². The highest BCUT2D eigenvalue weighted by Crippen LogP contribution is 2.25. The Morgan fingerprint density at radius 3 is 2.80 bits per heavy atom. The summed E-state index contributed by atoms with van der Waals surface area (Å²) in [4.78, 5) is 14.4. The number of carbonyl (C=O) groups is 1. The monoisotopic (exact) mass is 210 g/mol. The van der Waals surface area contributed by atoms with E-state index in [1.54, 1.807) is 0 Å². The topological polar surface area (TPSA) is 32.3 Å². The van der Waals surface area contributed by atoms with Crippen molar-refractivity contribution in [3.05, 3.63) is 0 Å². The standard InChI is InChI=1S/C12H22N2O/c1-9-4-3-7-14(10(9)2)12(15)11-5-6-13-8-11/h9-11,13H,3-8H2,1-2H3/t9?,10?,11-/m1/s1. The van der Waals surface area contributed by atoms with E-state index in [-0.39, 0.29) is 5.92 Å². The van der Waals surface area contributed by atoms with Crippen LogP contribution in [-0.2, 0) is 4.79 Å². The molecule has 15 heavy (non-hydrogen) atoms. The molecule has 2 fully saturated rings. The molecular weight excluding hydrogens is 188 g/mol. The van der Waals surface area contributed by atoms with Crippen molar-refractivity contribution < 1.29 is 4.79 Å². The van der Waals surface area contributed by atoms with Crippen molar-refractivity contribution in [2.45, 2.75) is 39.2 Å². The number of hydrogen-bond acceptors (Lipinski definition) is 2. The lowest BCUT2D eigenvalue weighted by molar-refractivity contribution is -0.139. The summed E-state index contributed by atoms with van der Waals surface area (Å²) in [6.45, 7) is 7.33. The van der Waals surface area contributed by atoms with E-state index in [2.05, 4.69) is 24.1 Å². The maximum atomic E-state index is 12.2. The molecule has 1 amide bonds. The number of carbonyl (C=O) groups excluding carboxylic acids is 1. The van der Waals surface area contributed by atoms with Gasteiger partial charge in [0, 0.05) is 19.1 Å². The summed E-state index contributed by atoms with van der Waals surface area (Å²) in [5.74, 6) is 1.30. The van der Waals surface area contributed by atoms with Crippen LogP contribution in [0.4, 0.5) is 0 Å². The fraction of sp³-hybridized carbons (Fsp3) is 0.917. The van der Waals surface area contributed by atoms with Gasteiger partial charge in [-0.15, -0.1) is 0 Å². The molecule has 86 valence electrons. The molecule has 0 aromatic carbocycles. The van der Waals surface area contributed by atoms with Crippen molar-refractivity contribution in [1.29, 1.82) is 0 Å². The second-order valence-corrected chi connectivity index (χ2v) is 5.08. The molecule has 0 aromatic heterocycles. The van der Waals surface area contributed by atoms with E-state index in [1.807, 2.05) is 0 Å². The SMILES string of the molecule is CC1CCCN(C(=O)[C@@H]2CCNC2)C1C. The number of likely N-dealkylation sites (tertiary alicyclic amines) is 1. The van der Waals surface area contributed by atoms with Crippen molar-refractivity contribution in [1.82, 2.24) is 10.2 Å². The molecule has 3 nitrogen and oxygen atoms in total. The van der Waals surface area contributed by atoms with E-state index in [1.165, 1.54) is 12.8 Å². The Bertz CT molecular complexity index is 236. The van der Waals surface area contributed by atoms with E-state index in [0.717, 1.165) is 26.1 Å². The molecule has 2 unspecified atom stereocenters. The number of amides is 1. The first kappa shape index (κ1) is 10.9. The van der Waals surface area contributed by atoms with Crippen molar-refractivity contribution in [3.63, 3.8) is 0 Å². The molecule has 2 heterocycles. The van der Waals surface area contributed by atoms with Gasteiger partial charge in [0.25, 0.3) is 0 Å². The van der Waals surface area contributed by atoms with Crippen molar-refractivity contribution in [2.24, 2.45) is 11.8 Å². The Morgan fingerprint density at radius 2 is 2.13 bits per heavy atom. The van der Waals surface area contributed by atoms with Crippen LogP contribution in [-0.4, -0.2) is 36.5 Å². The Morgan fingerprint density at radius 1 is 1.33 bits per heavy atom. The zero-order chi connectivity index (χ0) is 10.8. The molecule has 1 N–H and O–H groups in total. The van der Waals surface area contributed by atoms with E-state index in [0.29, 0.717) is 17.9 Å². The normalized spacial score (nSPS) is 36.9. The first-order chi connectivity index (χ1) is 7.20. The van der Waals surface area contributed by atoms with Gasteiger partial charge in [-0.05, 0) is 38.6 Å². The maximum Gasteiger partial charge on any atom is 0.227 e. The largest absolute Gasteiger partial charge is 0.339 e. The highest BCUT2D eigenvalue weighted by molar-refractivity contribution is 5.79. The quantitative estimate of drug-likeness (QED) is 0.706. The Kier molecular flexibility index (Phi) is 3.29. The highest BCUT2D eigenvalue weighted by Gasteiger charge is 2.33. The molecule has 0 radical (unpaired) electrons. The third kappa shape index (κ3) is 2.17. The van der Waals surface area contributed by atoms with Gasteiger partial charge in [0.05, 0.1) is 5.92 Å². The Hall–Kier alpha value is -0.570. The number of nitrogens with zero attached hydrogens (tertiary/aromatic N) is 1. The van der Waals surface area contributed by atoms with Crippen LogP contribution in [0.25, 0.3) is 0 Å². The van der Waals surface area contributed by atoms with Crippen LogP contribution in [0.3, 0.4) is 0 Å². The Balaban J connectivity index is 1.98. The van der Waals surface area contributed by atoms with Crippen molar-refractivity contribution in [3.8, 4) is 0 Å². The average molecular weight is 210 g/mol. The minimum atomic E-state index is 0.248. The summed E-state index contributed by atoms with van der Waals surface area (Å²) >= 11 is 0. The third-order valence-corrected chi connectivity index (χ3v) is 4.07. The molecule has 0 aliphatic carbocycles. The van der Waals surface area contributed by atoms with E-state index in [4.69, 9.17) is 0 Å². The van der Waals surface area contributed by atoms with E-state index < -0.39 is 0 Å². The average Bonchev–Trinajstić information content (AvgIpc) is 2.74. The maximum absolute atomic E-state index is 12.2. The van der Waals surface area contributed by atoms with E-state index in [9.17, 15) is 4.79 Å². The fourth-order valence-electron chi connectivity index (χ4n) is 2.75. The molecular formula is C12H22N2O. The van der Waals surface area contributed by atoms with Gasteiger partial charge in [-0.25, -0.2) is 0 Å². The van der Waals surface area contributed by atoms with Crippen molar-refractivity contribution >= 4 is 5.91 Å². The summed E-state index contributed by atoms with van der Waals surface area (Å²) in [5, 5.41) is 3.27. The lowest BCUT2D eigenvalue weighted by Gasteiger charge is -2.39. The lowest BCUT2D eigenvalue weighted by atomic mass is 9.91. The van der Waals surface area contributed by atoms with Crippen LogP contribution >= 0.6 is 0 Å². The first-order valence-corrected chi connectivity index (χ1v) is 6.21. The van der Waals surface area contributed by atoms with Crippen LogP contribution < -0.4 is 5.32 Å². The second kappa shape index (κ2) is 4.52. The van der Waals surface area contributed by atoms with Gasteiger partial charge >= 0.3 is 0 Å². The smallest absolute Gasteiger partial charge is 0.227 e. The molecule has 0 bridgehead atoms. The highest BCUT2D eigenvalue weighted by atomic mass is 16.2. The van der Waals surface area contributed by atoms with Gasteiger partial charge in [0.2, 0.25) is 5.91 Å². The van der Waals surface area contributed by atoms with E-state index >= 15 is 0 Å². The predicted molar refractivity (Wildman–Crippen MR) is 60.5 cm³/mol. The van der Waals surface area contributed by atoms with Gasteiger partial charge in [-0.3, -0.25) is 4.79 Å². The van der Waals surface area contributed by atoms with Crippen LogP contribution in [0.15, 0.2) is 0 Å². The fourth-order valence-corrected chi connectivity index (χ4v) is 2.75. The lowest BCUT2D eigenvalue weighted by Crippen LogP contribution is -2.48. The minimum Gasteiger partial charge on any atom is -0.339 e. The van der Waals surface area contributed by atoms with Gasteiger partial charge in [-0.2, -0.15) is 0 Å². The predicted octanol–water partition coefficient (Wildman–Crippen LogP) is 1.24. The zero-order valence-corrected chi connectivity index (χ0v) is 9.83. The van der Waals surface area contributed by atoms with Crippen molar-refractivity contribution in [2.75, 3.05) is 19.6 Å². The van der Waals surface area contributed by atoms with Gasteiger partial charge in [-0.1, -0.05) is 6.92 Å². The first-order valence-electron chi connectivity index (χ1n) is 6.21. The molecule has 2 rings (SSSR count). The zero-order valence-electron chi connectivity index (χ0n) is 9.83. The molecule has 0 aromatic rings. The number of piperidine rings is 1. The molecule has 3 heteroatoms. The molecule has 2 aliphatic heterocycles. The summed E-state index contributed by atoms with van der Waals surface area (Å²) in [6, 6.07) is 0.437. The third-order valence-electron chi connectivity index (χ3n) is 4.07. The minimum absolute atomic E-state index is 0.248. The van der Waals surface area contributed by atoms with Crippen LogP contribution in [0.2, 0.25) is 0 Å². The van der Waals surface area contributed by atoms with Gasteiger partial charge in [0.15, 0.2) is 0 Å². The number of nitrogens with one attached hydrogen (secondary N) is 1. The number of hydrogen-bond donors (Lipinski definition) is 1. The molecule has 0 spiro atoms. The summed E-state index contributed by atoms with van der Waals surface area (Å²) in [7, 11) is 0. The summed E-state index contributed by atoms with van der Waals surface area (Å²) in [5.41, 5.74) is 0. The number of rotatable bonds is 1. The van der Waals surface area contributed by atoms with Crippen LogP contribution in [0.1, 0.15) is 33.1 Å². The van der Waals surface area contributed by atoms with Crippen LogP contribution in [0, 0.1) is 11.8 Å².